The Morgan fingerprint density at radius 1 is 0.957 bits per heavy atom. The van der Waals surface area contributed by atoms with Crippen LogP contribution in [0.4, 0.5) is 11.4 Å². The van der Waals surface area contributed by atoms with Gasteiger partial charge < -0.3 is 19.6 Å². The molecule has 0 unspecified atom stereocenters. The van der Waals surface area contributed by atoms with Crippen LogP contribution < -0.4 is 14.5 Å². The van der Waals surface area contributed by atoms with Gasteiger partial charge in [-0.15, -0.1) is 0 Å². The van der Waals surface area contributed by atoms with Crippen molar-refractivity contribution in [3.8, 4) is 5.75 Å². The molecule has 5 nitrogen and oxygen atoms in total. The molecular formula is C18H20N2O3. The molecule has 1 fully saturated rings. The number of carbonyl (C=O) groups is 1. The van der Waals surface area contributed by atoms with E-state index in [4.69, 9.17) is 9.84 Å². The third kappa shape index (κ3) is 3.23. The van der Waals surface area contributed by atoms with E-state index in [-0.39, 0.29) is 0 Å². The summed E-state index contributed by atoms with van der Waals surface area (Å²) in [4.78, 5) is 15.5. The summed E-state index contributed by atoms with van der Waals surface area (Å²) in [6, 6.07) is 15.1. The van der Waals surface area contributed by atoms with E-state index in [1.807, 2.05) is 30.3 Å². The van der Waals surface area contributed by atoms with Crippen LogP contribution in [0.25, 0.3) is 0 Å². The Bertz CT molecular complexity index is 677. The first-order valence-electron chi connectivity index (χ1n) is 7.65. The summed E-state index contributed by atoms with van der Waals surface area (Å²) < 4.78 is 5.43. The molecule has 1 heterocycles. The molecule has 0 atom stereocenters. The van der Waals surface area contributed by atoms with Crippen molar-refractivity contribution in [1.29, 1.82) is 0 Å². The molecule has 1 N–H and O–H groups in total. The first kappa shape index (κ1) is 15.2. The number of ether oxygens (including phenoxy) is 1. The van der Waals surface area contributed by atoms with Crippen molar-refractivity contribution < 1.29 is 14.6 Å². The quantitative estimate of drug-likeness (QED) is 0.941. The van der Waals surface area contributed by atoms with E-state index < -0.39 is 5.97 Å². The molecule has 23 heavy (non-hydrogen) atoms. The van der Waals surface area contributed by atoms with Crippen LogP contribution in [0.15, 0.2) is 48.5 Å². The van der Waals surface area contributed by atoms with E-state index in [1.54, 1.807) is 19.2 Å². The van der Waals surface area contributed by atoms with E-state index in [0.717, 1.165) is 43.3 Å². The van der Waals surface area contributed by atoms with Gasteiger partial charge in [0.15, 0.2) is 0 Å². The zero-order valence-corrected chi connectivity index (χ0v) is 13.1. The highest BCUT2D eigenvalue weighted by molar-refractivity contribution is 5.88. The molecule has 0 aliphatic carbocycles. The van der Waals surface area contributed by atoms with Crippen LogP contribution in [0.3, 0.4) is 0 Å². The number of hydrogen-bond acceptors (Lipinski definition) is 4. The van der Waals surface area contributed by atoms with Gasteiger partial charge in [0.2, 0.25) is 0 Å². The summed E-state index contributed by atoms with van der Waals surface area (Å²) in [5, 5.41) is 8.96. The maximum Gasteiger partial charge on any atom is 0.335 e. The van der Waals surface area contributed by atoms with Crippen molar-refractivity contribution in [3.05, 3.63) is 54.1 Å². The Morgan fingerprint density at radius 2 is 1.57 bits per heavy atom. The van der Waals surface area contributed by atoms with Crippen LogP contribution >= 0.6 is 0 Å². The van der Waals surface area contributed by atoms with Crippen LogP contribution in [0.2, 0.25) is 0 Å². The van der Waals surface area contributed by atoms with Crippen LogP contribution in [0.5, 0.6) is 5.75 Å². The van der Waals surface area contributed by atoms with Crippen molar-refractivity contribution in [2.75, 3.05) is 43.1 Å². The van der Waals surface area contributed by atoms with Crippen molar-refractivity contribution in [1.82, 2.24) is 0 Å². The lowest BCUT2D eigenvalue weighted by atomic mass is 10.1. The zero-order chi connectivity index (χ0) is 16.2. The second kappa shape index (κ2) is 6.60. The van der Waals surface area contributed by atoms with Crippen LogP contribution in [0, 0.1) is 0 Å². The van der Waals surface area contributed by atoms with Gasteiger partial charge in [-0.05, 0) is 36.4 Å². The lowest BCUT2D eigenvalue weighted by Gasteiger charge is -2.37. The molecule has 0 spiro atoms. The van der Waals surface area contributed by atoms with Gasteiger partial charge in [-0.25, -0.2) is 4.79 Å². The fraction of sp³-hybridized carbons (Fsp3) is 0.278. The SMILES string of the molecule is COc1ccccc1N1CCN(c2ccc(C(=O)O)cc2)CC1. The van der Waals surface area contributed by atoms with E-state index >= 15 is 0 Å². The molecule has 0 radical (unpaired) electrons. The monoisotopic (exact) mass is 312 g/mol. The van der Waals surface area contributed by atoms with Gasteiger partial charge >= 0.3 is 5.97 Å². The average molecular weight is 312 g/mol. The lowest BCUT2D eigenvalue weighted by molar-refractivity contribution is 0.0697. The number of benzene rings is 2. The summed E-state index contributed by atoms with van der Waals surface area (Å²) in [5.74, 6) is 0.00398. The second-order valence-corrected chi connectivity index (χ2v) is 5.50. The Morgan fingerprint density at radius 3 is 2.17 bits per heavy atom. The summed E-state index contributed by atoms with van der Waals surface area (Å²) in [6.45, 7) is 3.59. The first-order valence-corrected chi connectivity index (χ1v) is 7.65. The Kier molecular flexibility index (Phi) is 4.37. The molecule has 1 aliphatic heterocycles. The standard InChI is InChI=1S/C18H20N2O3/c1-23-17-5-3-2-4-16(17)20-12-10-19(11-13-20)15-8-6-14(7-9-15)18(21)22/h2-9H,10-13H2,1H3,(H,21,22). The number of carboxylic acids is 1. The van der Waals surface area contributed by atoms with Gasteiger partial charge in [0.05, 0.1) is 18.4 Å². The molecule has 2 aromatic carbocycles. The normalized spacial score (nSPS) is 14.7. The number of hydrogen-bond donors (Lipinski definition) is 1. The minimum absolute atomic E-state index is 0.321. The number of carboxylic acid groups (broad SMARTS) is 1. The van der Waals surface area contributed by atoms with Crippen LogP contribution in [-0.2, 0) is 0 Å². The molecule has 1 aliphatic rings. The van der Waals surface area contributed by atoms with E-state index in [1.165, 1.54) is 0 Å². The summed E-state index contributed by atoms with van der Waals surface area (Å²) in [6.07, 6.45) is 0. The van der Waals surface area contributed by atoms with Gasteiger partial charge in [0.25, 0.3) is 0 Å². The number of anilines is 2. The number of piperazine rings is 1. The molecule has 0 amide bonds. The Balaban J connectivity index is 1.67. The third-order valence-electron chi connectivity index (χ3n) is 4.18. The topological polar surface area (TPSA) is 53.0 Å². The molecule has 120 valence electrons. The minimum atomic E-state index is -0.891. The molecule has 2 aromatic rings. The Hall–Kier alpha value is -2.69. The van der Waals surface area contributed by atoms with E-state index in [0.29, 0.717) is 5.56 Å². The number of methoxy groups -OCH3 is 1. The molecule has 0 aromatic heterocycles. The largest absolute Gasteiger partial charge is 0.495 e. The molecule has 0 saturated carbocycles. The van der Waals surface area contributed by atoms with Gasteiger partial charge in [0.1, 0.15) is 5.75 Å². The third-order valence-corrected chi connectivity index (χ3v) is 4.18. The first-order chi connectivity index (χ1) is 11.2. The van der Waals surface area contributed by atoms with Gasteiger partial charge in [-0.2, -0.15) is 0 Å². The summed E-state index contributed by atoms with van der Waals surface area (Å²) in [7, 11) is 1.69. The zero-order valence-electron chi connectivity index (χ0n) is 13.1. The van der Waals surface area contributed by atoms with Crippen LogP contribution in [0.1, 0.15) is 10.4 Å². The number of aromatic carboxylic acids is 1. The maximum absolute atomic E-state index is 10.9. The van der Waals surface area contributed by atoms with E-state index in [2.05, 4.69) is 15.9 Å². The van der Waals surface area contributed by atoms with Crippen LogP contribution in [-0.4, -0.2) is 44.4 Å². The second-order valence-electron chi connectivity index (χ2n) is 5.50. The Labute approximate surface area is 135 Å². The predicted molar refractivity (Wildman–Crippen MR) is 90.8 cm³/mol. The molecule has 3 rings (SSSR count). The summed E-state index contributed by atoms with van der Waals surface area (Å²) >= 11 is 0. The number of nitrogens with zero attached hydrogens (tertiary/aromatic N) is 2. The van der Waals surface area contributed by atoms with Crippen molar-refractivity contribution in [2.24, 2.45) is 0 Å². The van der Waals surface area contributed by atoms with Crippen molar-refractivity contribution in [3.63, 3.8) is 0 Å². The van der Waals surface area contributed by atoms with Gasteiger partial charge in [0, 0.05) is 31.9 Å². The molecule has 1 saturated heterocycles. The highest BCUT2D eigenvalue weighted by atomic mass is 16.5. The van der Waals surface area contributed by atoms with E-state index in [9.17, 15) is 4.79 Å². The smallest absolute Gasteiger partial charge is 0.335 e. The molecule has 0 bridgehead atoms. The fourth-order valence-corrected chi connectivity index (χ4v) is 2.91. The lowest BCUT2D eigenvalue weighted by Crippen LogP contribution is -2.46. The summed E-state index contributed by atoms with van der Waals surface area (Å²) in [5.41, 5.74) is 2.51. The molecule has 5 heteroatoms. The van der Waals surface area contributed by atoms with Gasteiger partial charge in [-0.3, -0.25) is 0 Å². The predicted octanol–water partition coefficient (Wildman–Crippen LogP) is 2.72. The van der Waals surface area contributed by atoms with Gasteiger partial charge in [-0.1, -0.05) is 12.1 Å². The number of para-hydroxylation sites is 2. The molecular weight excluding hydrogens is 292 g/mol. The van der Waals surface area contributed by atoms with Crippen molar-refractivity contribution in [2.45, 2.75) is 0 Å². The fourth-order valence-electron chi connectivity index (χ4n) is 2.91. The highest BCUT2D eigenvalue weighted by Gasteiger charge is 2.19. The average Bonchev–Trinajstić information content (AvgIpc) is 2.62. The minimum Gasteiger partial charge on any atom is -0.495 e. The highest BCUT2D eigenvalue weighted by Crippen LogP contribution is 2.29. The maximum atomic E-state index is 10.9. The van der Waals surface area contributed by atoms with Crippen molar-refractivity contribution >= 4 is 17.3 Å². The number of rotatable bonds is 4.